The van der Waals surface area contributed by atoms with E-state index in [4.69, 9.17) is 4.74 Å². The molecule has 1 aliphatic heterocycles. The molecule has 2 rings (SSSR count). The lowest BCUT2D eigenvalue weighted by atomic mass is 9.87. The van der Waals surface area contributed by atoms with Crippen molar-refractivity contribution in [1.82, 2.24) is 10.6 Å². The van der Waals surface area contributed by atoms with Crippen LogP contribution in [0.5, 0.6) is 0 Å². The fourth-order valence-corrected chi connectivity index (χ4v) is 2.67. The predicted octanol–water partition coefficient (Wildman–Crippen LogP) is 0.0338. The van der Waals surface area contributed by atoms with Gasteiger partial charge in [-0.2, -0.15) is 0 Å². The van der Waals surface area contributed by atoms with E-state index in [0.29, 0.717) is 6.54 Å². The van der Waals surface area contributed by atoms with Crippen molar-refractivity contribution in [3.63, 3.8) is 0 Å². The zero-order valence-electron chi connectivity index (χ0n) is 11.1. The Morgan fingerprint density at radius 1 is 1.39 bits per heavy atom. The second-order valence-corrected chi connectivity index (χ2v) is 5.98. The lowest BCUT2D eigenvalue weighted by Gasteiger charge is -2.38. The molecule has 0 spiro atoms. The van der Waals surface area contributed by atoms with E-state index in [1.54, 1.807) is 0 Å². The molecule has 1 saturated carbocycles. The van der Waals surface area contributed by atoms with Gasteiger partial charge in [-0.25, -0.2) is 0 Å². The SMILES string of the molecule is CC1(OCC(=O)NCC2(CO)CCCC2)CNC1. The molecule has 5 nitrogen and oxygen atoms in total. The Morgan fingerprint density at radius 2 is 2.06 bits per heavy atom. The van der Waals surface area contributed by atoms with E-state index in [0.717, 1.165) is 38.8 Å². The minimum absolute atomic E-state index is 0.0807. The lowest BCUT2D eigenvalue weighted by Crippen LogP contribution is -2.59. The third-order valence-corrected chi connectivity index (χ3v) is 4.21. The first-order valence-corrected chi connectivity index (χ1v) is 6.80. The molecule has 3 N–H and O–H groups in total. The van der Waals surface area contributed by atoms with Gasteiger partial charge < -0.3 is 20.5 Å². The van der Waals surface area contributed by atoms with Gasteiger partial charge in [0, 0.05) is 25.0 Å². The van der Waals surface area contributed by atoms with Gasteiger partial charge in [-0.05, 0) is 19.8 Å². The van der Waals surface area contributed by atoms with Gasteiger partial charge in [-0.1, -0.05) is 12.8 Å². The molecule has 0 aromatic carbocycles. The Hall–Kier alpha value is -0.650. The van der Waals surface area contributed by atoms with Crippen LogP contribution >= 0.6 is 0 Å². The highest BCUT2D eigenvalue weighted by molar-refractivity contribution is 5.77. The van der Waals surface area contributed by atoms with Gasteiger partial charge in [0.05, 0.1) is 12.2 Å². The van der Waals surface area contributed by atoms with Gasteiger partial charge in [-0.15, -0.1) is 0 Å². The summed E-state index contributed by atoms with van der Waals surface area (Å²) in [6, 6.07) is 0. The van der Waals surface area contributed by atoms with Crippen LogP contribution in [0, 0.1) is 5.41 Å². The number of amides is 1. The number of carbonyl (C=O) groups is 1. The van der Waals surface area contributed by atoms with E-state index in [1.165, 1.54) is 0 Å². The van der Waals surface area contributed by atoms with Crippen molar-refractivity contribution in [2.75, 3.05) is 32.8 Å². The normalized spacial score (nSPS) is 24.6. The van der Waals surface area contributed by atoms with Gasteiger partial charge in [0.15, 0.2) is 0 Å². The highest BCUT2D eigenvalue weighted by Gasteiger charge is 2.35. The standard InChI is InChI=1S/C13H24N2O3/c1-12(7-14-8-12)18-6-11(17)15-9-13(10-16)4-2-3-5-13/h14,16H,2-10H2,1H3,(H,15,17). The van der Waals surface area contributed by atoms with Gasteiger partial charge in [-0.3, -0.25) is 4.79 Å². The first-order valence-electron chi connectivity index (χ1n) is 6.80. The molecule has 2 aliphatic rings. The number of carbonyl (C=O) groups excluding carboxylic acids is 1. The van der Waals surface area contributed by atoms with Crippen LogP contribution in [-0.2, 0) is 9.53 Å². The number of ether oxygens (including phenoxy) is 1. The third kappa shape index (κ3) is 3.22. The van der Waals surface area contributed by atoms with Crippen LogP contribution in [0.25, 0.3) is 0 Å². The molecule has 0 unspecified atom stereocenters. The van der Waals surface area contributed by atoms with Crippen molar-refractivity contribution in [2.45, 2.75) is 38.2 Å². The first-order chi connectivity index (χ1) is 8.58. The van der Waals surface area contributed by atoms with Crippen LogP contribution in [0.3, 0.4) is 0 Å². The quantitative estimate of drug-likeness (QED) is 0.627. The molecule has 5 heteroatoms. The largest absolute Gasteiger partial charge is 0.396 e. The molecule has 1 heterocycles. The second kappa shape index (κ2) is 5.55. The van der Waals surface area contributed by atoms with Crippen LogP contribution in [0.1, 0.15) is 32.6 Å². The number of hydrogen-bond donors (Lipinski definition) is 3. The average Bonchev–Trinajstić information content (AvgIpc) is 2.81. The molecule has 0 radical (unpaired) electrons. The molecule has 1 saturated heterocycles. The minimum Gasteiger partial charge on any atom is -0.396 e. The van der Waals surface area contributed by atoms with Gasteiger partial charge in [0.1, 0.15) is 6.61 Å². The topological polar surface area (TPSA) is 70.6 Å². The van der Waals surface area contributed by atoms with Gasteiger partial charge in [0.2, 0.25) is 5.91 Å². The monoisotopic (exact) mass is 256 g/mol. The predicted molar refractivity (Wildman–Crippen MR) is 68.2 cm³/mol. The number of aliphatic hydroxyl groups excluding tert-OH is 1. The number of rotatable bonds is 6. The Morgan fingerprint density at radius 3 is 2.56 bits per heavy atom. The van der Waals surface area contributed by atoms with Crippen molar-refractivity contribution in [3.8, 4) is 0 Å². The van der Waals surface area contributed by atoms with Crippen molar-refractivity contribution in [2.24, 2.45) is 5.41 Å². The highest BCUT2D eigenvalue weighted by Crippen LogP contribution is 2.36. The molecule has 18 heavy (non-hydrogen) atoms. The summed E-state index contributed by atoms with van der Waals surface area (Å²) in [6.07, 6.45) is 4.31. The van der Waals surface area contributed by atoms with E-state index in [2.05, 4.69) is 10.6 Å². The van der Waals surface area contributed by atoms with Crippen molar-refractivity contribution in [3.05, 3.63) is 0 Å². The highest BCUT2D eigenvalue weighted by atomic mass is 16.5. The maximum atomic E-state index is 11.7. The van der Waals surface area contributed by atoms with Crippen LogP contribution in [0.4, 0.5) is 0 Å². The summed E-state index contributed by atoms with van der Waals surface area (Å²) in [6.45, 7) is 4.46. The third-order valence-electron chi connectivity index (χ3n) is 4.21. The van der Waals surface area contributed by atoms with E-state index >= 15 is 0 Å². The van der Waals surface area contributed by atoms with Crippen LogP contribution in [-0.4, -0.2) is 49.5 Å². The number of hydrogen-bond acceptors (Lipinski definition) is 4. The Labute approximate surface area is 108 Å². The maximum Gasteiger partial charge on any atom is 0.246 e. The van der Waals surface area contributed by atoms with Crippen LogP contribution in [0.2, 0.25) is 0 Å². The van der Waals surface area contributed by atoms with E-state index in [-0.39, 0.29) is 30.1 Å². The molecule has 1 amide bonds. The summed E-state index contributed by atoms with van der Waals surface area (Å²) >= 11 is 0. The Bertz CT molecular complexity index is 297. The number of nitrogens with one attached hydrogen (secondary N) is 2. The fourth-order valence-electron chi connectivity index (χ4n) is 2.67. The Balaban J connectivity index is 1.67. The zero-order chi connectivity index (χ0) is 13.1. The van der Waals surface area contributed by atoms with E-state index < -0.39 is 0 Å². The molecule has 2 fully saturated rings. The molecule has 1 aliphatic carbocycles. The molecule has 0 aromatic rings. The average molecular weight is 256 g/mol. The van der Waals surface area contributed by atoms with Crippen molar-refractivity contribution >= 4 is 5.91 Å². The molecular weight excluding hydrogens is 232 g/mol. The lowest BCUT2D eigenvalue weighted by molar-refractivity contribution is -0.136. The maximum absolute atomic E-state index is 11.7. The summed E-state index contributed by atoms with van der Waals surface area (Å²) < 4.78 is 5.57. The smallest absolute Gasteiger partial charge is 0.246 e. The van der Waals surface area contributed by atoms with Crippen molar-refractivity contribution in [1.29, 1.82) is 0 Å². The molecule has 104 valence electrons. The van der Waals surface area contributed by atoms with Gasteiger partial charge >= 0.3 is 0 Å². The molecule has 0 aromatic heterocycles. The molecule has 0 atom stereocenters. The summed E-state index contributed by atoms with van der Waals surface area (Å²) in [5, 5.41) is 15.5. The first kappa shape index (κ1) is 13.8. The fraction of sp³-hybridized carbons (Fsp3) is 0.923. The zero-order valence-corrected chi connectivity index (χ0v) is 11.1. The van der Waals surface area contributed by atoms with Crippen LogP contribution < -0.4 is 10.6 Å². The second-order valence-electron chi connectivity index (χ2n) is 5.98. The summed E-state index contributed by atoms with van der Waals surface area (Å²) in [7, 11) is 0. The minimum atomic E-state index is -0.181. The molecule has 0 bridgehead atoms. The van der Waals surface area contributed by atoms with Gasteiger partial charge in [0.25, 0.3) is 0 Å². The summed E-state index contributed by atoms with van der Waals surface area (Å²) in [5.74, 6) is -0.0807. The van der Waals surface area contributed by atoms with Crippen molar-refractivity contribution < 1.29 is 14.6 Å². The Kier molecular flexibility index (Phi) is 4.25. The van der Waals surface area contributed by atoms with Crippen LogP contribution in [0.15, 0.2) is 0 Å². The van der Waals surface area contributed by atoms with E-state index in [9.17, 15) is 9.90 Å². The molecular formula is C13H24N2O3. The number of aliphatic hydroxyl groups is 1. The van der Waals surface area contributed by atoms with E-state index in [1.807, 2.05) is 6.92 Å². The summed E-state index contributed by atoms with van der Waals surface area (Å²) in [4.78, 5) is 11.7. The summed E-state index contributed by atoms with van der Waals surface area (Å²) in [5.41, 5.74) is -0.267.